The maximum absolute atomic E-state index is 13.9. The highest BCUT2D eigenvalue weighted by Gasteiger charge is 2.21. The molecule has 0 aromatic heterocycles. The molecule has 0 saturated carbocycles. The fraction of sp³-hybridized carbons (Fsp3) is 0.500. The molecule has 1 aliphatic heterocycles. The molecule has 5 heteroatoms. The van der Waals surface area contributed by atoms with Gasteiger partial charge in [-0.2, -0.15) is 0 Å². The number of anilines is 1. The number of hydrogen-bond donors (Lipinski definition) is 0. The average Bonchev–Trinajstić information content (AvgIpc) is 2.30. The third-order valence-electron chi connectivity index (χ3n) is 3.05. The number of nitrogens with zero attached hydrogens (tertiary/aromatic N) is 2. The first-order valence-corrected chi connectivity index (χ1v) is 6.71. The molecule has 1 aromatic carbocycles. The fourth-order valence-corrected chi connectivity index (χ4v) is 2.35. The molecule has 2 rings (SSSR count). The van der Waals surface area contributed by atoms with Crippen molar-refractivity contribution in [2.45, 2.75) is 5.33 Å². The number of rotatable bonds is 2. The third kappa shape index (κ3) is 2.77. The van der Waals surface area contributed by atoms with Crippen LogP contribution >= 0.6 is 15.9 Å². The fourth-order valence-electron chi connectivity index (χ4n) is 2.03. The van der Waals surface area contributed by atoms with Gasteiger partial charge in [-0.05, 0) is 24.7 Å². The van der Waals surface area contributed by atoms with Crippen LogP contribution in [-0.4, -0.2) is 38.1 Å². The minimum Gasteiger partial charge on any atom is -0.364 e. The normalized spacial score (nSPS) is 17.5. The lowest BCUT2D eigenvalue weighted by atomic mass is 10.1. The van der Waals surface area contributed by atoms with Crippen LogP contribution in [0, 0.1) is 11.6 Å². The second-order valence-corrected chi connectivity index (χ2v) is 4.89. The van der Waals surface area contributed by atoms with Crippen LogP contribution in [0.3, 0.4) is 0 Å². The van der Waals surface area contributed by atoms with Crippen molar-refractivity contribution in [3.05, 3.63) is 29.3 Å². The van der Waals surface area contributed by atoms with Crippen molar-refractivity contribution in [2.24, 2.45) is 0 Å². The summed E-state index contributed by atoms with van der Waals surface area (Å²) < 4.78 is 27.7. The Labute approximate surface area is 108 Å². The summed E-state index contributed by atoms with van der Waals surface area (Å²) in [4.78, 5) is 3.93. The summed E-state index contributed by atoms with van der Waals surface area (Å²) in [5, 5.41) is 0.462. The van der Waals surface area contributed by atoms with Crippen molar-refractivity contribution in [3.63, 3.8) is 0 Å². The van der Waals surface area contributed by atoms with Gasteiger partial charge in [-0.25, -0.2) is 8.78 Å². The van der Waals surface area contributed by atoms with Gasteiger partial charge in [0.25, 0.3) is 0 Å². The maximum Gasteiger partial charge on any atom is 0.149 e. The van der Waals surface area contributed by atoms with E-state index in [1.807, 2.05) is 7.05 Å². The van der Waals surface area contributed by atoms with E-state index in [-0.39, 0.29) is 5.69 Å². The zero-order valence-electron chi connectivity index (χ0n) is 9.72. The molecule has 1 aromatic rings. The van der Waals surface area contributed by atoms with Crippen LogP contribution in [0.4, 0.5) is 14.5 Å². The first-order chi connectivity index (χ1) is 8.11. The van der Waals surface area contributed by atoms with Gasteiger partial charge < -0.3 is 9.80 Å². The molecule has 0 radical (unpaired) electrons. The summed E-state index contributed by atoms with van der Waals surface area (Å²) in [5.74, 6) is -0.937. The van der Waals surface area contributed by atoms with Crippen molar-refractivity contribution in [2.75, 3.05) is 38.1 Å². The molecular weight excluding hydrogens is 290 g/mol. The summed E-state index contributed by atoms with van der Waals surface area (Å²) in [6.45, 7) is 2.99. The van der Waals surface area contributed by atoms with Crippen molar-refractivity contribution in [1.29, 1.82) is 0 Å². The van der Waals surface area contributed by atoms with Crippen LogP contribution in [0.5, 0.6) is 0 Å². The van der Waals surface area contributed by atoms with Gasteiger partial charge in [0, 0.05) is 31.5 Å². The Kier molecular flexibility index (Phi) is 3.99. The average molecular weight is 305 g/mol. The minimum atomic E-state index is -0.469. The number of piperazine rings is 1. The molecule has 1 saturated heterocycles. The Morgan fingerprint density at radius 3 is 2.12 bits per heavy atom. The molecule has 0 N–H and O–H groups in total. The largest absolute Gasteiger partial charge is 0.364 e. The zero-order chi connectivity index (χ0) is 12.4. The molecule has 17 heavy (non-hydrogen) atoms. The number of alkyl halides is 1. The Morgan fingerprint density at radius 1 is 1.12 bits per heavy atom. The molecule has 1 fully saturated rings. The molecule has 0 bridgehead atoms. The lowest BCUT2D eigenvalue weighted by Gasteiger charge is -2.34. The molecule has 2 nitrogen and oxygen atoms in total. The van der Waals surface area contributed by atoms with Gasteiger partial charge in [-0.1, -0.05) is 15.9 Å². The van der Waals surface area contributed by atoms with E-state index in [1.54, 1.807) is 4.90 Å². The molecular formula is C12H15BrF2N2. The smallest absolute Gasteiger partial charge is 0.149 e. The van der Waals surface area contributed by atoms with Crippen LogP contribution in [0.2, 0.25) is 0 Å². The van der Waals surface area contributed by atoms with E-state index in [0.29, 0.717) is 24.0 Å². The second-order valence-electron chi connectivity index (χ2n) is 4.33. The van der Waals surface area contributed by atoms with Crippen LogP contribution in [0.15, 0.2) is 12.1 Å². The number of halogens is 3. The quantitative estimate of drug-likeness (QED) is 0.775. The van der Waals surface area contributed by atoms with Gasteiger partial charge in [-0.3, -0.25) is 0 Å². The van der Waals surface area contributed by atoms with Crippen LogP contribution < -0.4 is 4.90 Å². The van der Waals surface area contributed by atoms with E-state index < -0.39 is 11.6 Å². The Hall–Kier alpha value is -0.680. The van der Waals surface area contributed by atoms with Crippen molar-refractivity contribution in [3.8, 4) is 0 Å². The number of benzene rings is 1. The molecule has 0 atom stereocenters. The number of hydrogen-bond acceptors (Lipinski definition) is 2. The Balaban J connectivity index is 2.26. The van der Waals surface area contributed by atoms with Gasteiger partial charge >= 0.3 is 0 Å². The Bertz CT molecular complexity index is 380. The first kappa shape index (κ1) is 12.8. The van der Waals surface area contributed by atoms with Gasteiger partial charge in [0.1, 0.15) is 17.3 Å². The molecule has 0 unspecified atom stereocenters. The lowest BCUT2D eigenvalue weighted by molar-refractivity contribution is 0.310. The molecule has 1 aliphatic rings. The van der Waals surface area contributed by atoms with E-state index in [2.05, 4.69) is 20.8 Å². The van der Waals surface area contributed by atoms with E-state index in [4.69, 9.17) is 0 Å². The van der Waals surface area contributed by atoms with Crippen molar-refractivity contribution >= 4 is 21.6 Å². The zero-order valence-corrected chi connectivity index (χ0v) is 11.3. The highest BCUT2D eigenvalue weighted by molar-refractivity contribution is 9.08. The molecule has 0 aliphatic carbocycles. The minimum absolute atomic E-state index is 0.114. The monoisotopic (exact) mass is 304 g/mol. The van der Waals surface area contributed by atoms with Gasteiger partial charge in [0.05, 0.1) is 0 Å². The van der Waals surface area contributed by atoms with Crippen LogP contribution in [-0.2, 0) is 5.33 Å². The topological polar surface area (TPSA) is 6.48 Å². The SMILES string of the molecule is CN1CCN(c2c(F)cc(CBr)cc2F)CC1. The van der Waals surface area contributed by atoms with E-state index >= 15 is 0 Å². The number of likely N-dealkylation sites (N-methyl/N-ethyl adjacent to an activating group) is 1. The predicted octanol–water partition coefficient (Wildman–Crippen LogP) is 2.61. The van der Waals surface area contributed by atoms with Crippen LogP contribution in [0.25, 0.3) is 0 Å². The maximum atomic E-state index is 13.9. The van der Waals surface area contributed by atoms with Crippen molar-refractivity contribution < 1.29 is 8.78 Å². The standard InChI is InChI=1S/C12H15BrF2N2/c1-16-2-4-17(5-3-16)12-10(14)6-9(8-13)7-11(12)15/h6-7H,2-5,8H2,1H3. The summed E-state index contributed by atoms with van der Waals surface area (Å²) in [6.07, 6.45) is 0. The highest BCUT2D eigenvalue weighted by atomic mass is 79.9. The van der Waals surface area contributed by atoms with Crippen molar-refractivity contribution in [1.82, 2.24) is 4.90 Å². The second kappa shape index (κ2) is 5.31. The molecule has 1 heterocycles. The van der Waals surface area contributed by atoms with E-state index in [1.165, 1.54) is 12.1 Å². The summed E-state index contributed by atoms with van der Waals surface area (Å²) in [5.41, 5.74) is 0.737. The van der Waals surface area contributed by atoms with Gasteiger partial charge in [0.2, 0.25) is 0 Å². The molecule has 0 amide bonds. The van der Waals surface area contributed by atoms with Gasteiger partial charge in [0.15, 0.2) is 0 Å². The lowest BCUT2D eigenvalue weighted by Crippen LogP contribution is -2.45. The highest BCUT2D eigenvalue weighted by Crippen LogP contribution is 2.26. The van der Waals surface area contributed by atoms with E-state index in [9.17, 15) is 8.78 Å². The predicted molar refractivity (Wildman–Crippen MR) is 68.7 cm³/mol. The molecule has 94 valence electrons. The van der Waals surface area contributed by atoms with E-state index in [0.717, 1.165) is 13.1 Å². The summed E-state index contributed by atoms with van der Waals surface area (Å²) in [6, 6.07) is 2.79. The Morgan fingerprint density at radius 2 is 1.65 bits per heavy atom. The first-order valence-electron chi connectivity index (χ1n) is 5.59. The third-order valence-corrected chi connectivity index (χ3v) is 3.70. The summed E-state index contributed by atoms with van der Waals surface area (Å²) in [7, 11) is 2.01. The molecule has 0 spiro atoms. The van der Waals surface area contributed by atoms with Gasteiger partial charge in [-0.15, -0.1) is 0 Å². The van der Waals surface area contributed by atoms with Crippen LogP contribution in [0.1, 0.15) is 5.56 Å². The summed E-state index contributed by atoms with van der Waals surface area (Å²) >= 11 is 3.20.